The summed E-state index contributed by atoms with van der Waals surface area (Å²) in [5, 5.41) is 0. The van der Waals surface area contributed by atoms with Crippen LogP contribution in [0.25, 0.3) is 0 Å². The zero-order valence-corrected chi connectivity index (χ0v) is 13.9. The van der Waals surface area contributed by atoms with E-state index in [0.29, 0.717) is 15.6 Å². The molecular formula is C14H14BrFN2O2S. The van der Waals surface area contributed by atoms with Crippen molar-refractivity contribution in [2.75, 3.05) is 0 Å². The summed E-state index contributed by atoms with van der Waals surface area (Å²) in [4.78, 5) is 3.88. The highest BCUT2D eigenvalue weighted by molar-refractivity contribution is 9.10. The zero-order valence-electron chi connectivity index (χ0n) is 11.5. The van der Waals surface area contributed by atoms with Gasteiger partial charge < -0.3 is 0 Å². The van der Waals surface area contributed by atoms with Gasteiger partial charge in [-0.05, 0) is 53.0 Å². The second-order valence-corrected chi connectivity index (χ2v) is 7.32. The van der Waals surface area contributed by atoms with Gasteiger partial charge in [-0.3, -0.25) is 4.98 Å². The van der Waals surface area contributed by atoms with Crippen LogP contribution in [0, 0.1) is 12.7 Å². The van der Waals surface area contributed by atoms with Crippen molar-refractivity contribution in [2.45, 2.75) is 24.8 Å². The maximum absolute atomic E-state index is 13.6. The first kappa shape index (κ1) is 16.1. The fraction of sp³-hybridized carbons (Fsp3) is 0.214. The highest BCUT2D eigenvalue weighted by Gasteiger charge is 2.19. The Bertz CT molecular complexity index is 765. The van der Waals surface area contributed by atoms with Crippen LogP contribution >= 0.6 is 15.9 Å². The van der Waals surface area contributed by atoms with Gasteiger partial charge in [0.05, 0.1) is 0 Å². The van der Waals surface area contributed by atoms with Crippen LogP contribution in [0.4, 0.5) is 4.39 Å². The number of hydrogen-bond donors (Lipinski definition) is 1. The van der Waals surface area contributed by atoms with Crippen molar-refractivity contribution in [1.82, 2.24) is 9.71 Å². The Hall–Kier alpha value is -1.31. The van der Waals surface area contributed by atoms with Gasteiger partial charge in [-0.25, -0.2) is 17.5 Å². The number of sulfonamides is 1. The summed E-state index contributed by atoms with van der Waals surface area (Å²) in [7, 11) is -3.72. The van der Waals surface area contributed by atoms with Crippen molar-refractivity contribution in [3.63, 3.8) is 0 Å². The van der Waals surface area contributed by atoms with Crippen LogP contribution in [0.5, 0.6) is 0 Å². The SMILES string of the molecule is Cc1ccc(C(C)NS(=O)(=O)c2cncc(Br)c2)cc1F. The quantitative estimate of drug-likeness (QED) is 0.895. The molecule has 1 N–H and O–H groups in total. The van der Waals surface area contributed by atoms with Crippen LogP contribution in [0.15, 0.2) is 46.0 Å². The highest BCUT2D eigenvalue weighted by Crippen LogP contribution is 2.20. The lowest BCUT2D eigenvalue weighted by Gasteiger charge is -2.15. The number of halogens is 2. The molecule has 1 heterocycles. The molecule has 0 aliphatic rings. The van der Waals surface area contributed by atoms with E-state index in [-0.39, 0.29) is 10.7 Å². The monoisotopic (exact) mass is 372 g/mol. The molecule has 2 aromatic rings. The first-order chi connectivity index (χ1) is 9.79. The molecule has 0 spiro atoms. The molecule has 7 heteroatoms. The van der Waals surface area contributed by atoms with E-state index in [1.807, 2.05) is 0 Å². The van der Waals surface area contributed by atoms with Gasteiger partial charge in [-0.1, -0.05) is 12.1 Å². The Labute approximate surface area is 131 Å². The first-order valence-corrected chi connectivity index (χ1v) is 8.46. The van der Waals surface area contributed by atoms with Crippen LogP contribution in [0.3, 0.4) is 0 Å². The minimum atomic E-state index is -3.72. The summed E-state index contributed by atoms with van der Waals surface area (Å²) in [6.07, 6.45) is 2.76. The molecule has 0 saturated carbocycles. The standard InChI is InChI=1S/C14H14BrFN2O2S/c1-9-3-4-11(5-14(9)16)10(2)18-21(19,20)13-6-12(15)7-17-8-13/h3-8,10,18H,1-2H3. The smallest absolute Gasteiger partial charge is 0.242 e. The number of nitrogens with one attached hydrogen (secondary N) is 1. The van der Waals surface area contributed by atoms with Crippen molar-refractivity contribution < 1.29 is 12.8 Å². The van der Waals surface area contributed by atoms with Gasteiger partial charge in [0.15, 0.2) is 0 Å². The number of nitrogens with zero attached hydrogens (tertiary/aromatic N) is 1. The fourth-order valence-electron chi connectivity index (χ4n) is 1.79. The topological polar surface area (TPSA) is 59.1 Å². The van der Waals surface area contributed by atoms with Crippen LogP contribution in [-0.2, 0) is 10.0 Å². The molecule has 0 saturated heterocycles. The zero-order chi connectivity index (χ0) is 15.6. The van der Waals surface area contributed by atoms with Crippen LogP contribution in [0.2, 0.25) is 0 Å². The second-order valence-electron chi connectivity index (χ2n) is 4.69. The number of benzene rings is 1. The van der Waals surface area contributed by atoms with Crippen molar-refractivity contribution in [2.24, 2.45) is 0 Å². The normalized spacial score (nSPS) is 13.1. The van der Waals surface area contributed by atoms with E-state index >= 15 is 0 Å². The Morgan fingerprint density at radius 1 is 1.29 bits per heavy atom. The number of rotatable bonds is 4. The van der Waals surface area contributed by atoms with Gasteiger partial charge >= 0.3 is 0 Å². The minimum absolute atomic E-state index is 0.0521. The molecule has 1 aromatic heterocycles. The molecule has 112 valence electrons. The third-order valence-corrected chi connectivity index (χ3v) is 4.96. The third kappa shape index (κ3) is 3.87. The number of aryl methyl sites for hydroxylation is 1. The molecule has 4 nitrogen and oxygen atoms in total. The lowest BCUT2D eigenvalue weighted by atomic mass is 10.1. The molecule has 0 radical (unpaired) electrons. The maximum Gasteiger partial charge on any atom is 0.242 e. The first-order valence-electron chi connectivity index (χ1n) is 6.18. The predicted molar refractivity (Wildman–Crippen MR) is 81.8 cm³/mol. The number of hydrogen-bond acceptors (Lipinski definition) is 3. The van der Waals surface area contributed by atoms with Gasteiger partial charge in [-0.2, -0.15) is 0 Å². The van der Waals surface area contributed by atoms with Crippen LogP contribution < -0.4 is 4.72 Å². The van der Waals surface area contributed by atoms with E-state index in [2.05, 4.69) is 25.6 Å². The largest absolute Gasteiger partial charge is 0.262 e. The van der Waals surface area contributed by atoms with Gasteiger partial charge in [-0.15, -0.1) is 0 Å². The Kier molecular flexibility index (Phi) is 4.75. The lowest BCUT2D eigenvalue weighted by molar-refractivity contribution is 0.563. The van der Waals surface area contributed by atoms with E-state index in [0.717, 1.165) is 0 Å². The number of pyridine rings is 1. The summed E-state index contributed by atoms with van der Waals surface area (Å²) < 4.78 is 41.1. The lowest BCUT2D eigenvalue weighted by Crippen LogP contribution is -2.27. The molecule has 1 aromatic carbocycles. The summed E-state index contributed by atoms with van der Waals surface area (Å²) in [5.74, 6) is -0.359. The van der Waals surface area contributed by atoms with Crippen molar-refractivity contribution in [3.05, 3.63) is 58.1 Å². The van der Waals surface area contributed by atoms with Crippen LogP contribution in [0.1, 0.15) is 24.1 Å². The van der Waals surface area contributed by atoms with Crippen LogP contribution in [-0.4, -0.2) is 13.4 Å². The van der Waals surface area contributed by atoms with Crippen molar-refractivity contribution in [1.29, 1.82) is 0 Å². The van der Waals surface area contributed by atoms with E-state index in [4.69, 9.17) is 0 Å². The Balaban J connectivity index is 2.25. The molecule has 0 aliphatic carbocycles. The number of aromatic nitrogens is 1. The van der Waals surface area contributed by atoms with Gasteiger partial charge in [0, 0.05) is 22.9 Å². The van der Waals surface area contributed by atoms with E-state index in [9.17, 15) is 12.8 Å². The molecule has 1 unspecified atom stereocenters. The van der Waals surface area contributed by atoms with Gasteiger partial charge in [0.25, 0.3) is 0 Å². The maximum atomic E-state index is 13.6. The average molecular weight is 373 g/mol. The van der Waals surface area contributed by atoms with Gasteiger partial charge in [0.1, 0.15) is 10.7 Å². The Morgan fingerprint density at radius 2 is 2.00 bits per heavy atom. The van der Waals surface area contributed by atoms with Crippen molar-refractivity contribution in [3.8, 4) is 0 Å². The summed E-state index contributed by atoms with van der Waals surface area (Å²) in [5.41, 5.74) is 1.08. The summed E-state index contributed by atoms with van der Waals surface area (Å²) in [6.45, 7) is 3.31. The third-order valence-electron chi connectivity index (χ3n) is 3.02. The van der Waals surface area contributed by atoms with E-state index in [1.54, 1.807) is 26.0 Å². The summed E-state index contributed by atoms with van der Waals surface area (Å²) in [6, 6.07) is 5.56. The second kappa shape index (κ2) is 6.21. The Morgan fingerprint density at radius 3 is 2.62 bits per heavy atom. The molecule has 0 fully saturated rings. The molecule has 0 amide bonds. The highest BCUT2D eigenvalue weighted by atomic mass is 79.9. The van der Waals surface area contributed by atoms with E-state index < -0.39 is 16.1 Å². The van der Waals surface area contributed by atoms with Gasteiger partial charge in [0.2, 0.25) is 10.0 Å². The average Bonchev–Trinajstić information content (AvgIpc) is 2.41. The molecule has 2 rings (SSSR count). The van der Waals surface area contributed by atoms with E-state index in [1.165, 1.54) is 24.5 Å². The molecule has 0 bridgehead atoms. The fourth-order valence-corrected chi connectivity index (χ4v) is 3.52. The molecule has 1 atom stereocenters. The molecular weight excluding hydrogens is 359 g/mol. The minimum Gasteiger partial charge on any atom is -0.262 e. The summed E-state index contributed by atoms with van der Waals surface area (Å²) >= 11 is 3.18. The molecule has 21 heavy (non-hydrogen) atoms. The van der Waals surface area contributed by atoms with Crippen molar-refractivity contribution >= 4 is 26.0 Å². The predicted octanol–water partition coefficient (Wildman–Crippen LogP) is 3.33. The molecule has 0 aliphatic heterocycles.